The fourth-order valence-corrected chi connectivity index (χ4v) is 2.81. The molecule has 0 radical (unpaired) electrons. The molecule has 0 amide bonds. The Hall–Kier alpha value is -2.68. The van der Waals surface area contributed by atoms with Gasteiger partial charge in [-0.1, -0.05) is 0 Å². The SMILES string of the molecule is COc1ccc(C(=O)O)cc1S(=O)(=O)Nc1cncnc1. The maximum absolute atomic E-state index is 12.3. The highest BCUT2D eigenvalue weighted by Gasteiger charge is 2.22. The number of aromatic carboxylic acids is 1. The zero-order valence-electron chi connectivity index (χ0n) is 10.8. The molecule has 0 aliphatic heterocycles. The molecule has 2 aromatic rings. The minimum Gasteiger partial charge on any atom is -0.495 e. The molecule has 0 aliphatic rings. The lowest BCUT2D eigenvalue weighted by molar-refractivity contribution is 0.0696. The Morgan fingerprint density at radius 1 is 1.29 bits per heavy atom. The number of sulfonamides is 1. The third kappa shape index (κ3) is 3.26. The quantitative estimate of drug-likeness (QED) is 0.845. The second kappa shape index (κ2) is 5.75. The zero-order chi connectivity index (χ0) is 15.5. The van der Waals surface area contributed by atoms with Crippen LogP contribution in [0, 0.1) is 0 Å². The molecular formula is C12H11N3O5S. The highest BCUT2D eigenvalue weighted by atomic mass is 32.2. The number of nitrogens with one attached hydrogen (secondary N) is 1. The van der Waals surface area contributed by atoms with Gasteiger partial charge in [0.05, 0.1) is 30.8 Å². The van der Waals surface area contributed by atoms with Crippen molar-refractivity contribution in [2.24, 2.45) is 0 Å². The molecule has 0 bridgehead atoms. The highest BCUT2D eigenvalue weighted by molar-refractivity contribution is 7.92. The molecule has 1 aromatic carbocycles. The Morgan fingerprint density at radius 2 is 1.95 bits per heavy atom. The van der Waals surface area contributed by atoms with E-state index >= 15 is 0 Å². The third-order valence-electron chi connectivity index (χ3n) is 2.51. The molecule has 2 N–H and O–H groups in total. The van der Waals surface area contributed by atoms with Crippen LogP contribution in [-0.4, -0.2) is 36.6 Å². The van der Waals surface area contributed by atoms with Crippen LogP contribution in [0.1, 0.15) is 10.4 Å². The number of nitrogens with zero attached hydrogens (tertiary/aromatic N) is 2. The number of rotatable bonds is 5. The lowest BCUT2D eigenvalue weighted by Crippen LogP contribution is -2.15. The lowest BCUT2D eigenvalue weighted by atomic mass is 10.2. The molecule has 1 heterocycles. The van der Waals surface area contributed by atoms with Gasteiger partial charge in [0.2, 0.25) is 0 Å². The summed E-state index contributed by atoms with van der Waals surface area (Å²) in [5, 5.41) is 8.95. The van der Waals surface area contributed by atoms with Gasteiger partial charge in [0, 0.05) is 0 Å². The summed E-state index contributed by atoms with van der Waals surface area (Å²) < 4.78 is 31.8. The molecule has 1 aromatic heterocycles. The van der Waals surface area contributed by atoms with Crippen molar-refractivity contribution in [2.45, 2.75) is 4.90 Å². The van der Waals surface area contributed by atoms with E-state index in [1.807, 2.05) is 0 Å². The van der Waals surface area contributed by atoms with E-state index in [0.717, 1.165) is 6.07 Å². The topological polar surface area (TPSA) is 118 Å². The Bertz CT molecular complexity index is 762. The second-order valence-electron chi connectivity index (χ2n) is 3.90. The summed E-state index contributed by atoms with van der Waals surface area (Å²) in [5.74, 6) is -1.21. The summed E-state index contributed by atoms with van der Waals surface area (Å²) in [6.07, 6.45) is 3.81. The molecular weight excluding hydrogens is 298 g/mol. The lowest BCUT2D eigenvalue weighted by Gasteiger charge is -2.11. The average Bonchev–Trinajstić information content (AvgIpc) is 2.47. The van der Waals surface area contributed by atoms with Gasteiger partial charge in [0.15, 0.2) is 0 Å². The van der Waals surface area contributed by atoms with E-state index in [-0.39, 0.29) is 21.9 Å². The average molecular weight is 309 g/mol. The first-order valence-corrected chi connectivity index (χ1v) is 7.11. The smallest absolute Gasteiger partial charge is 0.335 e. The summed E-state index contributed by atoms with van der Waals surface area (Å²) in [4.78, 5) is 18.1. The van der Waals surface area contributed by atoms with Crippen LogP contribution in [0.25, 0.3) is 0 Å². The Kier molecular flexibility index (Phi) is 4.03. The molecule has 9 heteroatoms. The maximum Gasteiger partial charge on any atom is 0.335 e. The van der Waals surface area contributed by atoms with Crippen LogP contribution < -0.4 is 9.46 Å². The molecule has 21 heavy (non-hydrogen) atoms. The van der Waals surface area contributed by atoms with Crippen molar-refractivity contribution < 1.29 is 23.1 Å². The van der Waals surface area contributed by atoms with Crippen molar-refractivity contribution in [1.29, 1.82) is 0 Å². The monoisotopic (exact) mass is 309 g/mol. The van der Waals surface area contributed by atoms with Crippen LogP contribution in [0.5, 0.6) is 5.75 Å². The van der Waals surface area contributed by atoms with E-state index in [2.05, 4.69) is 14.7 Å². The Labute approximate surface area is 120 Å². The fraction of sp³-hybridized carbons (Fsp3) is 0.0833. The van der Waals surface area contributed by atoms with E-state index in [0.29, 0.717) is 0 Å². The van der Waals surface area contributed by atoms with Crippen molar-refractivity contribution in [1.82, 2.24) is 9.97 Å². The molecule has 0 fully saturated rings. The van der Waals surface area contributed by atoms with E-state index in [4.69, 9.17) is 9.84 Å². The highest BCUT2D eigenvalue weighted by Crippen LogP contribution is 2.26. The minimum absolute atomic E-state index is 0.0318. The van der Waals surface area contributed by atoms with Gasteiger partial charge in [-0.15, -0.1) is 0 Å². The van der Waals surface area contributed by atoms with Crippen molar-refractivity contribution >= 4 is 21.7 Å². The Morgan fingerprint density at radius 3 is 2.52 bits per heavy atom. The van der Waals surface area contributed by atoms with Crippen LogP contribution in [0.2, 0.25) is 0 Å². The number of methoxy groups -OCH3 is 1. The van der Waals surface area contributed by atoms with E-state index in [9.17, 15) is 13.2 Å². The number of ether oxygens (including phenoxy) is 1. The van der Waals surface area contributed by atoms with Crippen LogP contribution in [-0.2, 0) is 10.0 Å². The number of aromatic nitrogens is 2. The van der Waals surface area contributed by atoms with Gasteiger partial charge in [-0.05, 0) is 18.2 Å². The summed E-state index contributed by atoms with van der Waals surface area (Å²) in [5.41, 5.74) is -0.0132. The number of carboxylic acid groups (broad SMARTS) is 1. The van der Waals surface area contributed by atoms with E-state index in [1.165, 1.54) is 38.0 Å². The van der Waals surface area contributed by atoms with Gasteiger partial charge in [-0.25, -0.2) is 23.2 Å². The van der Waals surface area contributed by atoms with Gasteiger partial charge in [-0.2, -0.15) is 0 Å². The number of carbonyl (C=O) groups is 1. The van der Waals surface area contributed by atoms with Crippen LogP contribution in [0.4, 0.5) is 5.69 Å². The fourth-order valence-electron chi connectivity index (χ4n) is 1.58. The number of hydrogen-bond acceptors (Lipinski definition) is 6. The van der Waals surface area contributed by atoms with Crippen LogP contribution >= 0.6 is 0 Å². The van der Waals surface area contributed by atoms with Gasteiger partial charge in [0.25, 0.3) is 10.0 Å². The molecule has 8 nitrogen and oxygen atoms in total. The molecule has 0 spiro atoms. The number of anilines is 1. The summed E-state index contributed by atoms with van der Waals surface area (Å²) in [7, 11) is -2.74. The largest absolute Gasteiger partial charge is 0.495 e. The Balaban J connectivity index is 2.48. The normalized spacial score (nSPS) is 10.9. The molecule has 110 valence electrons. The number of carboxylic acids is 1. The molecule has 0 unspecified atom stereocenters. The predicted octanol–water partition coefficient (Wildman–Crippen LogP) is 0.984. The van der Waals surface area contributed by atoms with Crippen LogP contribution in [0.3, 0.4) is 0 Å². The van der Waals surface area contributed by atoms with Crippen LogP contribution in [0.15, 0.2) is 41.8 Å². The summed E-state index contributed by atoms with van der Waals surface area (Å²) in [6.45, 7) is 0. The van der Waals surface area contributed by atoms with Crippen molar-refractivity contribution in [2.75, 3.05) is 11.8 Å². The molecule has 2 rings (SSSR count). The van der Waals surface area contributed by atoms with Crippen molar-refractivity contribution in [3.63, 3.8) is 0 Å². The van der Waals surface area contributed by atoms with E-state index in [1.54, 1.807) is 0 Å². The third-order valence-corrected chi connectivity index (χ3v) is 3.92. The van der Waals surface area contributed by atoms with Gasteiger partial charge in [0.1, 0.15) is 17.0 Å². The first-order chi connectivity index (χ1) is 9.94. The van der Waals surface area contributed by atoms with Crippen molar-refractivity contribution in [3.05, 3.63) is 42.5 Å². The van der Waals surface area contributed by atoms with E-state index < -0.39 is 16.0 Å². The zero-order valence-corrected chi connectivity index (χ0v) is 11.7. The summed E-state index contributed by atoms with van der Waals surface area (Å²) in [6, 6.07) is 3.55. The molecule has 0 atom stereocenters. The molecule has 0 aliphatic carbocycles. The first-order valence-electron chi connectivity index (χ1n) is 5.63. The minimum atomic E-state index is -4.03. The van der Waals surface area contributed by atoms with Gasteiger partial charge < -0.3 is 9.84 Å². The van der Waals surface area contributed by atoms with Gasteiger partial charge in [-0.3, -0.25) is 4.72 Å². The number of benzene rings is 1. The standard InChI is InChI=1S/C12H11N3O5S/c1-20-10-3-2-8(12(16)17)4-11(10)21(18,19)15-9-5-13-7-14-6-9/h2-7,15H,1H3,(H,16,17). The first kappa shape index (κ1) is 14.7. The molecule has 0 saturated carbocycles. The number of hydrogen-bond donors (Lipinski definition) is 2. The maximum atomic E-state index is 12.3. The molecule has 0 saturated heterocycles. The summed E-state index contributed by atoms with van der Waals surface area (Å²) >= 11 is 0. The predicted molar refractivity (Wildman–Crippen MR) is 72.8 cm³/mol. The second-order valence-corrected chi connectivity index (χ2v) is 5.55. The van der Waals surface area contributed by atoms with Gasteiger partial charge >= 0.3 is 5.97 Å². The van der Waals surface area contributed by atoms with Crippen molar-refractivity contribution in [3.8, 4) is 5.75 Å².